The maximum Gasteiger partial charge on any atom is 0.218 e. The van der Waals surface area contributed by atoms with Crippen LogP contribution in [-0.4, -0.2) is 19.6 Å². The van der Waals surface area contributed by atoms with Gasteiger partial charge in [-0.1, -0.05) is 30.3 Å². The molecule has 0 fully saturated rings. The molecule has 1 aliphatic rings. The minimum Gasteiger partial charge on any atom is -0.447 e. The third-order valence-corrected chi connectivity index (χ3v) is 3.17. The highest BCUT2D eigenvalue weighted by molar-refractivity contribution is 5.66. The Morgan fingerprint density at radius 3 is 2.94 bits per heavy atom. The summed E-state index contributed by atoms with van der Waals surface area (Å²) in [5.74, 6) is 0.939. The van der Waals surface area contributed by atoms with E-state index in [-0.39, 0.29) is 0 Å². The Hall–Kier alpha value is -1.90. The zero-order valence-electron chi connectivity index (χ0n) is 9.89. The van der Waals surface area contributed by atoms with Gasteiger partial charge in [0.15, 0.2) is 0 Å². The van der Waals surface area contributed by atoms with E-state index in [1.165, 1.54) is 5.56 Å². The number of furan rings is 1. The van der Waals surface area contributed by atoms with Crippen LogP contribution in [0.15, 0.2) is 47.1 Å². The summed E-state index contributed by atoms with van der Waals surface area (Å²) in [6, 6.07) is 13.0. The molecular weight excluding hydrogens is 212 g/mol. The number of likely N-dealkylation sites (N-methyl/N-ethyl adjacent to an activating group) is 1. The second-order valence-electron chi connectivity index (χ2n) is 4.55. The van der Waals surface area contributed by atoms with Crippen molar-refractivity contribution < 1.29 is 4.42 Å². The molecule has 1 unspecified atom stereocenters. The number of benzene rings is 1. The van der Waals surface area contributed by atoms with Crippen molar-refractivity contribution in [2.45, 2.75) is 12.5 Å². The highest BCUT2D eigenvalue weighted by Gasteiger charge is 2.23. The average molecular weight is 228 g/mol. The van der Waals surface area contributed by atoms with Gasteiger partial charge < -0.3 is 14.6 Å². The lowest BCUT2D eigenvalue weighted by atomic mass is 10.0. The molecule has 2 heterocycles. The average Bonchev–Trinajstić information content (AvgIpc) is 2.79. The summed E-state index contributed by atoms with van der Waals surface area (Å²) < 4.78 is 5.43. The molecule has 2 aromatic rings. The number of hydrogen-bond acceptors (Lipinski definition) is 3. The Labute approximate surface area is 101 Å². The summed E-state index contributed by atoms with van der Waals surface area (Å²) >= 11 is 0. The maximum atomic E-state index is 5.43. The van der Waals surface area contributed by atoms with E-state index < -0.39 is 0 Å². The molecule has 1 aliphatic heterocycles. The van der Waals surface area contributed by atoms with Gasteiger partial charge in [0, 0.05) is 25.7 Å². The molecule has 0 aliphatic carbocycles. The molecule has 0 radical (unpaired) electrons. The van der Waals surface area contributed by atoms with Crippen molar-refractivity contribution in [3.05, 3.63) is 48.2 Å². The molecule has 0 saturated carbocycles. The predicted molar refractivity (Wildman–Crippen MR) is 69.5 cm³/mol. The largest absolute Gasteiger partial charge is 0.447 e. The molecule has 3 nitrogen and oxygen atoms in total. The lowest BCUT2D eigenvalue weighted by Gasteiger charge is -2.31. The first-order valence-electron chi connectivity index (χ1n) is 5.92. The van der Waals surface area contributed by atoms with Crippen molar-refractivity contribution in [2.75, 3.05) is 23.8 Å². The van der Waals surface area contributed by atoms with Gasteiger partial charge in [-0.05, 0) is 12.0 Å². The Balaban J connectivity index is 1.76. The fraction of sp³-hybridized carbons (Fsp3) is 0.286. The van der Waals surface area contributed by atoms with Crippen LogP contribution in [0.1, 0.15) is 5.56 Å². The third kappa shape index (κ3) is 2.00. The van der Waals surface area contributed by atoms with E-state index in [0.29, 0.717) is 6.04 Å². The van der Waals surface area contributed by atoms with Crippen LogP contribution in [-0.2, 0) is 6.42 Å². The molecule has 0 bridgehead atoms. The van der Waals surface area contributed by atoms with Crippen LogP contribution in [0.5, 0.6) is 0 Å². The van der Waals surface area contributed by atoms with Gasteiger partial charge in [0.1, 0.15) is 0 Å². The molecule has 88 valence electrons. The molecule has 0 saturated heterocycles. The summed E-state index contributed by atoms with van der Waals surface area (Å²) in [6.45, 7) is 0.968. The number of anilines is 2. The smallest absolute Gasteiger partial charge is 0.218 e. The monoisotopic (exact) mass is 228 g/mol. The molecule has 1 atom stereocenters. The van der Waals surface area contributed by atoms with Gasteiger partial charge in [-0.2, -0.15) is 0 Å². The number of nitrogens with one attached hydrogen (secondary N) is 1. The highest BCUT2D eigenvalue weighted by atomic mass is 16.3. The van der Waals surface area contributed by atoms with Crippen LogP contribution in [0.4, 0.5) is 11.6 Å². The minimum atomic E-state index is 0.437. The Kier molecular flexibility index (Phi) is 2.52. The van der Waals surface area contributed by atoms with Gasteiger partial charge in [0.2, 0.25) is 5.88 Å². The lowest BCUT2D eigenvalue weighted by Crippen LogP contribution is -2.40. The molecule has 1 aromatic carbocycles. The van der Waals surface area contributed by atoms with Gasteiger partial charge in [-0.3, -0.25) is 0 Å². The van der Waals surface area contributed by atoms with E-state index in [2.05, 4.69) is 47.6 Å². The summed E-state index contributed by atoms with van der Waals surface area (Å²) in [7, 11) is 2.07. The Bertz CT molecular complexity index is 492. The van der Waals surface area contributed by atoms with Gasteiger partial charge in [0.25, 0.3) is 0 Å². The maximum absolute atomic E-state index is 5.43. The first-order valence-corrected chi connectivity index (χ1v) is 5.92. The first kappa shape index (κ1) is 10.3. The highest BCUT2D eigenvalue weighted by Crippen LogP contribution is 2.31. The van der Waals surface area contributed by atoms with E-state index in [4.69, 9.17) is 4.42 Å². The third-order valence-electron chi connectivity index (χ3n) is 3.17. The van der Waals surface area contributed by atoms with E-state index in [0.717, 1.165) is 24.5 Å². The standard InChI is InChI=1S/C14H16N2O/c1-16-10-12(9-11-5-3-2-4-6-11)15-13-7-8-17-14(13)16/h2-8,12,15H,9-10H2,1H3. The van der Waals surface area contributed by atoms with Gasteiger partial charge in [-0.25, -0.2) is 0 Å². The molecule has 1 N–H and O–H groups in total. The zero-order valence-corrected chi connectivity index (χ0v) is 9.89. The van der Waals surface area contributed by atoms with Crippen molar-refractivity contribution in [1.82, 2.24) is 0 Å². The van der Waals surface area contributed by atoms with Crippen molar-refractivity contribution in [3.63, 3.8) is 0 Å². The number of rotatable bonds is 2. The fourth-order valence-corrected chi connectivity index (χ4v) is 2.40. The molecule has 3 heteroatoms. The second kappa shape index (κ2) is 4.17. The molecule has 17 heavy (non-hydrogen) atoms. The number of nitrogens with zero attached hydrogens (tertiary/aromatic N) is 1. The van der Waals surface area contributed by atoms with Crippen LogP contribution in [0, 0.1) is 0 Å². The van der Waals surface area contributed by atoms with Crippen molar-refractivity contribution in [3.8, 4) is 0 Å². The second-order valence-corrected chi connectivity index (χ2v) is 4.55. The van der Waals surface area contributed by atoms with Crippen LogP contribution in [0.3, 0.4) is 0 Å². The number of hydrogen-bond donors (Lipinski definition) is 1. The Morgan fingerprint density at radius 2 is 2.12 bits per heavy atom. The van der Waals surface area contributed by atoms with Crippen LogP contribution >= 0.6 is 0 Å². The lowest BCUT2D eigenvalue weighted by molar-refractivity contribution is 0.536. The fourth-order valence-electron chi connectivity index (χ4n) is 2.40. The number of fused-ring (bicyclic) bond motifs is 1. The quantitative estimate of drug-likeness (QED) is 0.856. The van der Waals surface area contributed by atoms with Crippen molar-refractivity contribution in [2.24, 2.45) is 0 Å². The molecule has 3 rings (SSSR count). The van der Waals surface area contributed by atoms with E-state index in [9.17, 15) is 0 Å². The molecule has 0 spiro atoms. The van der Waals surface area contributed by atoms with Crippen molar-refractivity contribution in [1.29, 1.82) is 0 Å². The predicted octanol–water partition coefficient (Wildman–Crippen LogP) is 2.75. The van der Waals surface area contributed by atoms with Crippen LogP contribution in [0.2, 0.25) is 0 Å². The van der Waals surface area contributed by atoms with Crippen LogP contribution < -0.4 is 10.2 Å². The normalized spacial score (nSPS) is 18.6. The summed E-state index contributed by atoms with van der Waals surface area (Å²) in [4.78, 5) is 2.17. The Morgan fingerprint density at radius 1 is 1.29 bits per heavy atom. The van der Waals surface area contributed by atoms with Crippen LogP contribution in [0.25, 0.3) is 0 Å². The van der Waals surface area contributed by atoms with E-state index >= 15 is 0 Å². The van der Waals surface area contributed by atoms with E-state index in [1.807, 2.05) is 6.07 Å². The van der Waals surface area contributed by atoms with Gasteiger partial charge >= 0.3 is 0 Å². The van der Waals surface area contributed by atoms with E-state index in [1.54, 1.807) is 6.26 Å². The zero-order chi connectivity index (χ0) is 11.7. The summed E-state index contributed by atoms with van der Waals surface area (Å²) in [5, 5.41) is 3.52. The first-order chi connectivity index (χ1) is 8.33. The van der Waals surface area contributed by atoms with Gasteiger partial charge in [0.05, 0.1) is 12.0 Å². The topological polar surface area (TPSA) is 28.4 Å². The SMILES string of the molecule is CN1CC(Cc2ccccc2)Nc2ccoc21. The molecule has 0 amide bonds. The summed E-state index contributed by atoms with van der Waals surface area (Å²) in [5.41, 5.74) is 2.46. The molecular formula is C14H16N2O. The molecule has 1 aromatic heterocycles. The minimum absolute atomic E-state index is 0.437. The summed E-state index contributed by atoms with van der Waals surface area (Å²) in [6.07, 6.45) is 2.77. The van der Waals surface area contributed by atoms with Crippen molar-refractivity contribution >= 4 is 11.6 Å². The van der Waals surface area contributed by atoms with Gasteiger partial charge in [-0.15, -0.1) is 0 Å².